The summed E-state index contributed by atoms with van der Waals surface area (Å²) in [6, 6.07) is 11.4. The molecule has 4 aromatic rings. The maximum absolute atomic E-state index is 5.76. The Labute approximate surface area is 108 Å². The van der Waals surface area contributed by atoms with Crippen LogP contribution in [-0.4, -0.2) is 19.9 Å². The number of pyridine rings is 2. The number of fused-ring (bicyclic) bond motifs is 2. The topological polar surface area (TPSA) is 66.6 Å². The molecule has 4 rings (SSSR count). The summed E-state index contributed by atoms with van der Waals surface area (Å²) in [5.74, 6) is 1.31. The SMILES string of the molecule is c1cnc2cc(Oc3cc4ncccc4[nH]3)[nH]c2c1. The Morgan fingerprint density at radius 1 is 0.789 bits per heavy atom. The molecule has 2 N–H and O–H groups in total. The van der Waals surface area contributed by atoms with Crippen LogP contribution in [-0.2, 0) is 0 Å². The number of nitrogens with zero attached hydrogens (tertiary/aromatic N) is 2. The Hall–Kier alpha value is -2.82. The zero-order valence-corrected chi connectivity index (χ0v) is 9.92. The van der Waals surface area contributed by atoms with Gasteiger partial charge in [-0.25, -0.2) is 0 Å². The van der Waals surface area contributed by atoms with Crippen LogP contribution in [0.25, 0.3) is 22.1 Å². The molecule has 0 aliphatic carbocycles. The van der Waals surface area contributed by atoms with Crippen molar-refractivity contribution in [2.45, 2.75) is 0 Å². The highest BCUT2D eigenvalue weighted by molar-refractivity contribution is 5.78. The fourth-order valence-electron chi connectivity index (χ4n) is 2.09. The second kappa shape index (κ2) is 3.84. The molecule has 0 aliphatic rings. The van der Waals surface area contributed by atoms with Crippen LogP contribution in [0.15, 0.2) is 48.8 Å². The van der Waals surface area contributed by atoms with E-state index in [0.29, 0.717) is 11.8 Å². The fourth-order valence-corrected chi connectivity index (χ4v) is 2.09. The van der Waals surface area contributed by atoms with E-state index in [4.69, 9.17) is 4.74 Å². The molecule has 5 heteroatoms. The third kappa shape index (κ3) is 1.72. The van der Waals surface area contributed by atoms with E-state index in [2.05, 4.69) is 19.9 Å². The Kier molecular flexibility index (Phi) is 2.05. The van der Waals surface area contributed by atoms with E-state index in [0.717, 1.165) is 22.1 Å². The lowest BCUT2D eigenvalue weighted by molar-refractivity contribution is 0.453. The second-order valence-corrected chi connectivity index (χ2v) is 4.24. The van der Waals surface area contributed by atoms with Gasteiger partial charge in [-0.3, -0.25) is 9.97 Å². The maximum atomic E-state index is 5.76. The number of hydrogen-bond acceptors (Lipinski definition) is 3. The Morgan fingerprint density at radius 2 is 1.32 bits per heavy atom. The molecule has 0 spiro atoms. The standard InChI is InChI=1S/C14H10N4O/c1-3-9-11(15-5-1)7-13(17-9)19-14-8-12-10(18-14)4-2-6-16-12/h1-8,17-18H. The van der Waals surface area contributed by atoms with Gasteiger partial charge in [0.1, 0.15) is 0 Å². The third-order valence-electron chi connectivity index (χ3n) is 2.95. The molecule has 0 atom stereocenters. The number of hydrogen-bond donors (Lipinski definition) is 2. The lowest BCUT2D eigenvalue weighted by Crippen LogP contribution is -1.82. The van der Waals surface area contributed by atoms with Gasteiger partial charge in [-0.1, -0.05) is 0 Å². The Morgan fingerprint density at radius 3 is 1.79 bits per heavy atom. The summed E-state index contributed by atoms with van der Waals surface area (Å²) in [5.41, 5.74) is 3.66. The van der Waals surface area contributed by atoms with Gasteiger partial charge in [-0.2, -0.15) is 0 Å². The molecule has 0 saturated carbocycles. The van der Waals surface area contributed by atoms with Gasteiger partial charge in [0.2, 0.25) is 11.8 Å². The van der Waals surface area contributed by atoms with E-state index < -0.39 is 0 Å². The van der Waals surface area contributed by atoms with Gasteiger partial charge >= 0.3 is 0 Å². The summed E-state index contributed by atoms with van der Waals surface area (Å²) in [6.45, 7) is 0. The molecule has 92 valence electrons. The molecular weight excluding hydrogens is 240 g/mol. The summed E-state index contributed by atoms with van der Waals surface area (Å²) < 4.78 is 5.76. The average Bonchev–Trinajstić information content (AvgIpc) is 3.00. The molecule has 0 amide bonds. The van der Waals surface area contributed by atoms with Gasteiger partial charge in [0.05, 0.1) is 22.1 Å². The minimum absolute atomic E-state index is 0.653. The van der Waals surface area contributed by atoms with Crippen molar-refractivity contribution in [3.8, 4) is 11.8 Å². The van der Waals surface area contributed by atoms with Gasteiger partial charge in [0, 0.05) is 24.5 Å². The van der Waals surface area contributed by atoms with Crippen LogP contribution < -0.4 is 4.74 Å². The quantitative estimate of drug-likeness (QED) is 0.574. The Balaban J connectivity index is 1.73. The summed E-state index contributed by atoms with van der Waals surface area (Å²) in [5, 5.41) is 0. The number of H-pyrrole nitrogens is 2. The molecule has 0 radical (unpaired) electrons. The highest BCUT2D eigenvalue weighted by Crippen LogP contribution is 2.25. The summed E-state index contributed by atoms with van der Waals surface area (Å²) >= 11 is 0. The van der Waals surface area contributed by atoms with Crippen LogP contribution in [0.1, 0.15) is 0 Å². The molecule has 0 saturated heterocycles. The first-order chi connectivity index (χ1) is 9.38. The van der Waals surface area contributed by atoms with Crippen molar-refractivity contribution in [2.75, 3.05) is 0 Å². The third-order valence-corrected chi connectivity index (χ3v) is 2.95. The van der Waals surface area contributed by atoms with E-state index in [-0.39, 0.29) is 0 Å². The molecule has 0 bridgehead atoms. The highest BCUT2D eigenvalue weighted by atomic mass is 16.5. The molecule has 0 fully saturated rings. The van der Waals surface area contributed by atoms with Crippen LogP contribution in [0, 0.1) is 0 Å². The van der Waals surface area contributed by atoms with Crippen molar-refractivity contribution in [3.05, 3.63) is 48.8 Å². The largest absolute Gasteiger partial charge is 0.425 e. The molecule has 19 heavy (non-hydrogen) atoms. The zero-order chi connectivity index (χ0) is 12.7. The molecule has 4 heterocycles. The first-order valence-corrected chi connectivity index (χ1v) is 5.94. The van der Waals surface area contributed by atoms with E-state index in [1.165, 1.54) is 0 Å². The fraction of sp³-hybridized carbons (Fsp3) is 0. The van der Waals surface area contributed by atoms with Crippen molar-refractivity contribution in [1.29, 1.82) is 0 Å². The average molecular weight is 250 g/mol. The number of rotatable bonds is 2. The van der Waals surface area contributed by atoms with E-state index in [9.17, 15) is 0 Å². The van der Waals surface area contributed by atoms with Crippen molar-refractivity contribution in [3.63, 3.8) is 0 Å². The van der Waals surface area contributed by atoms with Gasteiger partial charge in [0.25, 0.3) is 0 Å². The predicted octanol–water partition coefficient (Wildman–Crippen LogP) is 3.23. The first-order valence-electron chi connectivity index (χ1n) is 5.94. The molecule has 0 aromatic carbocycles. The van der Waals surface area contributed by atoms with Crippen LogP contribution in [0.5, 0.6) is 11.8 Å². The van der Waals surface area contributed by atoms with Gasteiger partial charge in [-0.05, 0) is 24.3 Å². The minimum Gasteiger partial charge on any atom is -0.425 e. The summed E-state index contributed by atoms with van der Waals surface area (Å²) in [7, 11) is 0. The lowest BCUT2D eigenvalue weighted by Gasteiger charge is -1.97. The van der Waals surface area contributed by atoms with Gasteiger partial charge in [-0.15, -0.1) is 0 Å². The molecule has 0 aliphatic heterocycles. The molecular formula is C14H10N4O. The van der Waals surface area contributed by atoms with Gasteiger partial charge < -0.3 is 14.7 Å². The normalized spacial score (nSPS) is 11.2. The number of aromatic amines is 2. The van der Waals surface area contributed by atoms with Crippen LogP contribution >= 0.6 is 0 Å². The number of aromatic nitrogens is 4. The number of nitrogens with one attached hydrogen (secondary N) is 2. The van der Waals surface area contributed by atoms with E-state index >= 15 is 0 Å². The first kappa shape index (κ1) is 10.1. The summed E-state index contributed by atoms with van der Waals surface area (Å²) in [6.07, 6.45) is 3.51. The van der Waals surface area contributed by atoms with E-state index in [1.807, 2.05) is 36.4 Å². The number of ether oxygens (including phenoxy) is 1. The van der Waals surface area contributed by atoms with Gasteiger partial charge in [0.15, 0.2) is 0 Å². The molecule has 4 aromatic heterocycles. The van der Waals surface area contributed by atoms with Crippen LogP contribution in [0.2, 0.25) is 0 Å². The highest BCUT2D eigenvalue weighted by Gasteiger charge is 2.06. The zero-order valence-electron chi connectivity index (χ0n) is 9.92. The van der Waals surface area contributed by atoms with Crippen LogP contribution in [0.4, 0.5) is 0 Å². The minimum atomic E-state index is 0.653. The predicted molar refractivity (Wildman–Crippen MR) is 72.3 cm³/mol. The lowest BCUT2D eigenvalue weighted by atomic mass is 10.4. The van der Waals surface area contributed by atoms with Crippen molar-refractivity contribution >= 4 is 22.1 Å². The van der Waals surface area contributed by atoms with E-state index in [1.54, 1.807) is 12.4 Å². The summed E-state index contributed by atoms with van der Waals surface area (Å²) in [4.78, 5) is 14.8. The maximum Gasteiger partial charge on any atom is 0.202 e. The van der Waals surface area contributed by atoms with Crippen molar-refractivity contribution in [2.24, 2.45) is 0 Å². The smallest absolute Gasteiger partial charge is 0.202 e. The van der Waals surface area contributed by atoms with Crippen molar-refractivity contribution in [1.82, 2.24) is 19.9 Å². The Bertz CT molecular complexity index is 724. The molecule has 0 unspecified atom stereocenters. The molecule has 5 nitrogen and oxygen atoms in total. The second-order valence-electron chi connectivity index (χ2n) is 4.24. The van der Waals surface area contributed by atoms with Crippen LogP contribution in [0.3, 0.4) is 0 Å². The monoisotopic (exact) mass is 250 g/mol. The van der Waals surface area contributed by atoms with Crippen molar-refractivity contribution < 1.29 is 4.74 Å².